The third-order valence-corrected chi connectivity index (χ3v) is 4.09. The number of carbonyl (C=O) groups is 1. The average Bonchev–Trinajstić information content (AvgIpc) is 2.84. The smallest absolute Gasteiger partial charge is 0.317 e. The molecule has 1 aromatic rings. The number of hydrogen-bond acceptors (Lipinski definition) is 1. The molecule has 3 nitrogen and oxygen atoms in total. The summed E-state index contributed by atoms with van der Waals surface area (Å²) in [6, 6.07) is 10.1. The summed E-state index contributed by atoms with van der Waals surface area (Å²) in [7, 11) is 1.85. The molecule has 0 spiro atoms. The number of benzene rings is 1. The molecule has 104 valence electrons. The van der Waals surface area contributed by atoms with Crippen LogP contribution in [0.4, 0.5) is 4.79 Å². The van der Waals surface area contributed by atoms with Crippen LogP contribution >= 0.6 is 0 Å². The average molecular weight is 260 g/mol. The van der Waals surface area contributed by atoms with E-state index in [0.29, 0.717) is 12.0 Å². The maximum atomic E-state index is 12.1. The fourth-order valence-electron chi connectivity index (χ4n) is 2.76. The van der Waals surface area contributed by atoms with Gasteiger partial charge in [0.1, 0.15) is 0 Å². The first-order valence-electron chi connectivity index (χ1n) is 7.12. The van der Waals surface area contributed by atoms with Gasteiger partial charge in [-0.15, -0.1) is 0 Å². The van der Waals surface area contributed by atoms with Crippen LogP contribution < -0.4 is 5.32 Å². The molecule has 0 atom stereocenters. The predicted molar refractivity (Wildman–Crippen MR) is 77.9 cm³/mol. The van der Waals surface area contributed by atoms with E-state index >= 15 is 0 Å². The van der Waals surface area contributed by atoms with E-state index in [-0.39, 0.29) is 6.03 Å². The van der Waals surface area contributed by atoms with E-state index in [1.165, 1.54) is 25.7 Å². The highest BCUT2D eigenvalue weighted by Gasteiger charge is 2.29. The van der Waals surface area contributed by atoms with Crippen LogP contribution in [0.2, 0.25) is 0 Å². The molecule has 1 aliphatic rings. The molecule has 3 heteroatoms. The van der Waals surface area contributed by atoms with E-state index in [0.717, 1.165) is 12.1 Å². The third-order valence-electron chi connectivity index (χ3n) is 4.09. The lowest BCUT2D eigenvalue weighted by molar-refractivity contribution is 0.199. The van der Waals surface area contributed by atoms with Crippen molar-refractivity contribution in [3.05, 3.63) is 35.9 Å². The van der Waals surface area contributed by atoms with Crippen LogP contribution in [0.25, 0.3) is 0 Å². The Balaban J connectivity index is 1.79. The monoisotopic (exact) mass is 260 g/mol. The molecule has 0 bridgehead atoms. The van der Waals surface area contributed by atoms with Crippen molar-refractivity contribution in [2.75, 3.05) is 13.6 Å². The molecule has 0 saturated heterocycles. The third kappa shape index (κ3) is 3.98. The van der Waals surface area contributed by atoms with Gasteiger partial charge in [-0.3, -0.25) is 0 Å². The molecular formula is C16H24N2O. The summed E-state index contributed by atoms with van der Waals surface area (Å²) in [5.74, 6) is 0. The standard InChI is InChI=1S/C16H24N2O/c1-16(10-6-7-11-16)13-17-15(19)18(2)12-14-8-4-3-5-9-14/h3-5,8-9H,6-7,10-13H2,1-2H3,(H,17,19). The van der Waals surface area contributed by atoms with Crippen LogP contribution in [-0.2, 0) is 6.54 Å². The number of carbonyl (C=O) groups excluding carboxylic acids is 1. The van der Waals surface area contributed by atoms with E-state index in [2.05, 4.69) is 12.2 Å². The molecular weight excluding hydrogens is 236 g/mol. The molecule has 0 radical (unpaired) electrons. The Bertz CT molecular complexity index is 410. The van der Waals surface area contributed by atoms with Crippen molar-refractivity contribution in [1.29, 1.82) is 0 Å². The molecule has 1 fully saturated rings. The van der Waals surface area contributed by atoms with Gasteiger partial charge < -0.3 is 10.2 Å². The van der Waals surface area contributed by atoms with Crippen molar-refractivity contribution in [2.45, 2.75) is 39.2 Å². The van der Waals surface area contributed by atoms with E-state index in [9.17, 15) is 4.79 Å². The first-order valence-corrected chi connectivity index (χ1v) is 7.12. The van der Waals surface area contributed by atoms with Crippen LogP contribution in [0.1, 0.15) is 38.2 Å². The van der Waals surface area contributed by atoms with Gasteiger partial charge in [-0.25, -0.2) is 4.79 Å². The van der Waals surface area contributed by atoms with Crippen LogP contribution in [0.5, 0.6) is 0 Å². The zero-order chi connectivity index (χ0) is 13.7. The van der Waals surface area contributed by atoms with Gasteiger partial charge in [0.15, 0.2) is 0 Å². The summed E-state index contributed by atoms with van der Waals surface area (Å²) in [5.41, 5.74) is 1.47. The van der Waals surface area contributed by atoms with E-state index in [1.54, 1.807) is 4.90 Å². The van der Waals surface area contributed by atoms with Gasteiger partial charge >= 0.3 is 6.03 Å². The zero-order valence-electron chi connectivity index (χ0n) is 12.0. The quantitative estimate of drug-likeness (QED) is 0.884. The number of nitrogens with zero attached hydrogens (tertiary/aromatic N) is 1. The van der Waals surface area contributed by atoms with Crippen molar-refractivity contribution in [2.24, 2.45) is 5.41 Å². The Kier molecular flexibility index (Phi) is 4.46. The number of urea groups is 1. The molecule has 2 amide bonds. The zero-order valence-corrected chi connectivity index (χ0v) is 12.0. The molecule has 0 heterocycles. The summed E-state index contributed by atoms with van der Waals surface area (Å²) in [6.45, 7) is 3.73. The largest absolute Gasteiger partial charge is 0.337 e. The van der Waals surface area contributed by atoms with Gasteiger partial charge in [-0.2, -0.15) is 0 Å². The summed E-state index contributed by atoms with van der Waals surface area (Å²) >= 11 is 0. The molecule has 19 heavy (non-hydrogen) atoms. The van der Waals surface area contributed by atoms with Crippen molar-refractivity contribution < 1.29 is 4.79 Å². The molecule has 1 aliphatic carbocycles. The van der Waals surface area contributed by atoms with Gasteiger partial charge in [0.2, 0.25) is 0 Å². The molecule has 0 aliphatic heterocycles. The van der Waals surface area contributed by atoms with Crippen LogP contribution in [0, 0.1) is 5.41 Å². The van der Waals surface area contributed by atoms with E-state index < -0.39 is 0 Å². The first kappa shape index (κ1) is 13.9. The molecule has 1 aromatic carbocycles. The SMILES string of the molecule is CN(Cc1ccccc1)C(=O)NCC1(C)CCCC1. The second kappa shape index (κ2) is 6.09. The molecule has 0 aromatic heterocycles. The molecule has 2 rings (SSSR count). The van der Waals surface area contributed by atoms with Crippen LogP contribution in [-0.4, -0.2) is 24.5 Å². The number of hydrogen-bond donors (Lipinski definition) is 1. The lowest BCUT2D eigenvalue weighted by atomic mass is 9.89. The van der Waals surface area contributed by atoms with E-state index in [4.69, 9.17) is 0 Å². The molecule has 1 N–H and O–H groups in total. The lowest BCUT2D eigenvalue weighted by Crippen LogP contribution is -2.41. The summed E-state index contributed by atoms with van der Waals surface area (Å²) < 4.78 is 0. The highest BCUT2D eigenvalue weighted by Crippen LogP contribution is 2.36. The minimum Gasteiger partial charge on any atom is -0.337 e. The Morgan fingerprint density at radius 2 is 1.89 bits per heavy atom. The maximum Gasteiger partial charge on any atom is 0.317 e. The second-order valence-electron chi connectivity index (χ2n) is 6.02. The first-order chi connectivity index (χ1) is 9.09. The molecule has 1 saturated carbocycles. The van der Waals surface area contributed by atoms with Crippen molar-refractivity contribution in [1.82, 2.24) is 10.2 Å². The second-order valence-corrected chi connectivity index (χ2v) is 6.02. The summed E-state index contributed by atoms with van der Waals surface area (Å²) in [6.07, 6.45) is 5.06. The highest BCUT2D eigenvalue weighted by molar-refractivity contribution is 5.73. The Morgan fingerprint density at radius 3 is 2.53 bits per heavy atom. The Morgan fingerprint density at radius 1 is 1.26 bits per heavy atom. The van der Waals surface area contributed by atoms with Gasteiger partial charge in [-0.1, -0.05) is 50.1 Å². The van der Waals surface area contributed by atoms with Crippen molar-refractivity contribution in [3.8, 4) is 0 Å². The fraction of sp³-hybridized carbons (Fsp3) is 0.562. The van der Waals surface area contributed by atoms with Crippen molar-refractivity contribution in [3.63, 3.8) is 0 Å². The predicted octanol–water partition coefficient (Wildman–Crippen LogP) is 3.41. The maximum absolute atomic E-state index is 12.1. The van der Waals surface area contributed by atoms with Gasteiger partial charge in [0.25, 0.3) is 0 Å². The number of amides is 2. The minimum absolute atomic E-state index is 0.0250. The van der Waals surface area contributed by atoms with Crippen molar-refractivity contribution >= 4 is 6.03 Å². The fourth-order valence-corrected chi connectivity index (χ4v) is 2.76. The Labute approximate surface area is 116 Å². The van der Waals surface area contributed by atoms with Gasteiger partial charge in [-0.05, 0) is 23.8 Å². The van der Waals surface area contributed by atoms with Crippen LogP contribution in [0.3, 0.4) is 0 Å². The summed E-state index contributed by atoms with van der Waals surface area (Å²) in [5, 5.41) is 3.07. The Hall–Kier alpha value is -1.51. The number of nitrogens with one attached hydrogen (secondary N) is 1. The summed E-state index contributed by atoms with van der Waals surface area (Å²) in [4.78, 5) is 13.8. The molecule has 0 unspecified atom stereocenters. The minimum atomic E-state index is 0.0250. The topological polar surface area (TPSA) is 32.3 Å². The van der Waals surface area contributed by atoms with E-state index in [1.807, 2.05) is 37.4 Å². The van der Waals surface area contributed by atoms with Gasteiger partial charge in [0, 0.05) is 20.1 Å². The highest BCUT2D eigenvalue weighted by atomic mass is 16.2. The lowest BCUT2D eigenvalue weighted by Gasteiger charge is -2.26. The van der Waals surface area contributed by atoms with Gasteiger partial charge in [0.05, 0.1) is 0 Å². The van der Waals surface area contributed by atoms with Crippen LogP contribution in [0.15, 0.2) is 30.3 Å². The number of rotatable bonds is 4. The normalized spacial score (nSPS) is 17.2.